The van der Waals surface area contributed by atoms with Crippen LogP contribution >= 0.6 is 23.2 Å². The summed E-state index contributed by atoms with van der Waals surface area (Å²) in [7, 11) is 0. The van der Waals surface area contributed by atoms with E-state index in [1.54, 1.807) is 12.1 Å². The molecule has 0 saturated heterocycles. The van der Waals surface area contributed by atoms with E-state index in [2.05, 4.69) is 12.1 Å². The van der Waals surface area contributed by atoms with Crippen LogP contribution in [0.4, 0.5) is 4.39 Å². The van der Waals surface area contributed by atoms with Crippen molar-refractivity contribution in [2.24, 2.45) is 5.41 Å². The average Bonchev–Trinajstić information content (AvgIpc) is 2.51. The maximum atomic E-state index is 13.5. The minimum absolute atomic E-state index is 0.214. The molecule has 2 rings (SSSR count). The Morgan fingerprint density at radius 3 is 2.24 bits per heavy atom. The van der Waals surface area contributed by atoms with Crippen LogP contribution in [-0.4, -0.2) is 11.8 Å². The lowest BCUT2D eigenvalue weighted by molar-refractivity contribution is 0.372. The highest BCUT2D eigenvalue weighted by atomic mass is 35.5. The van der Waals surface area contributed by atoms with E-state index in [4.69, 9.17) is 23.2 Å². The van der Waals surface area contributed by atoms with Gasteiger partial charge in [0.2, 0.25) is 0 Å². The highest BCUT2D eigenvalue weighted by Gasteiger charge is 2.30. The minimum atomic E-state index is -0.261. The molecule has 112 valence electrons. The highest BCUT2D eigenvalue weighted by Crippen LogP contribution is 2.32. The van der Waals surface area contributed by atoms with Gasteiger partial charge in [0, 0.05) is 17.2 Å². The Balaban J connectivity index is 2.27. The van der Waals surface area contributed by atoms with Gasteiger partial charge < -0.3 is 0 Å². The Bertz CT molecular complexity index is 577. The fraction of sp³-hybridized carbons (Fsp3) is 0.333. The van der Waals surface area contributed by atoms with E-state index < -0.39 is 0 Å². The standard InChI is InChI=1S/C18H19Cl2F/c1-14-7-8-17(21)9-16(14)11-18(12-19,13-20)10-15-5-3-2-4-6-15/h2-9H,10-13H2,1H3. The lowest BCUT2D eigenvalue weighted by atomic mass is 9.79. The van der Waals surface area contributed by atoms with Gasteiger partial charge in [-0.25, -0.2) is 4.39 Å². The Morgan fingerprint density at radius 1 is 0.952 bits per heavy atom. The van der Waals surface area contributed by atoms with Crippen molar-refractivity contribution in [3.05, 3.63) is 71.0 Å². The number of halogens is 3. The van der Waals surface area contributed by atoms with Gasteiger partial charge in [-0.2, -0.15) is 0 Å². The van der Waals surface area contributed by atoms with E-state index in [1.165, 1.54) is 11.6 Å². The topological polar surface area (TPSA) is 0 Å². The third-order valence-electron chi connectivity index (χ3n) is 3.87. The molecule has 3 heteroatoms. The van der Waals surface area contributed by atoms with Crippen molar-refractivity contribution in [2.75, 3.05) is 11.8 Å². The van der Waals surface area contributed by atoms with Crippen LogP contribution in [0.15, 0.2) is 48.5 Å². The third kappa shape index (κ3) is 4.21. The van der Waals surface area contributed by atoms with E-state index in [-0.39, 0.29) is 11.2 Å². The number of alkyl halides is 2. The summed E-state index contributed by atoms with van der Waals surface area (Å²) in [5, 5.41) is 0. The van der Waals surface area contributed by atoms with Crippen molar-refractivity contribution in [3.63, 3.8) is 0 Å². The van der Waals surface area contributed by atoms with Crippen LogP contribution < -0.4 is 0 Å². The predicted molar refractivity (Wildman–Crippen MR) is 88.9 cm³/mol. The van der Waals surface area contributed by atoms with E-state index in [0.717, 1.165) is 17.5 Å². The van der Waals surface area contributed by atoms with Crippen molar-refractivity contribution in [1.29, 1.82) is 0 Å². The van der Waals surface area contributed by atoms with Crippen LogP contribution in [0.1, 0.15) is 16.7 Å². The number of hydrogen-bond donors (Lipinski definition) is 0. The quantitative estimate of drug-likeness (QED) is 0.625. The molecule has 0 heterocycles. The van der Waals surface area contributed by atoms with Gasteiger partial charge in [-0.1, -0.05) is 36.4 Å². The lowest BCUT2D eigenvalue weighted by Gasteiger charge is -2.30. The van der Waals surface area contributed by atoms with Gasteiger partial charge in [0.05, 0.1) is 0 Å². The summed E-state index contributed by atoms with van der Waals surface area (Å²) < 4.78 is 13.5. The van der Waals surface area contributed by atoms with E-state index in [1.807, 2.05) is 25.1 Å². The first-order chi connectivity index (χ1) is 10.1. The lowest BCUT2D eigenvalue weighted by Crippen LogP contribution is -2.31. The first-order valence-corrected chi connectivity index (χ1v) is 8.06. The molecule has 0 N–H and O–H groups in total. The van der Waals surface area contributed by atoms with Gasteiger partial charge in [-0.3, -0.25) is 0 Å². The smallest absolute Gasteiger partial charge is 0.123 e. The Morgan fingerprint density at radius 2 is 1.62 bits per heavy atom. The highest BCUT2D eigenvalue weighted by molar-refractivity contribution is 6.21. The summed E-state index contributed by atoms with van der Waals surface area (Å²) in [4.78, 5) is 0. The molecule has 0 saturated carbocycles. The number of benzene rings is 2. The molecular formula is C18H19Cl2F. The summed E-state index contributed by atoms with van der Waals surface area (Å²) in [5.41, 5.74) is 2.99. The largest absolute Gasteiger partial charge is 0.207 e. The number of rotatable bonds is 6. The molecule has 0 fully saturated rings. The summed E-state index contributed by atoms with van der Waals surface area (Å²) in [6.07, 6.45) is 1.47. The molecule has 0 spiro atoms. The molecule has 0 aromatic heterocycles. The van der Waals surface area contributed by atoms with E-state index >= 15 is 0 Å². The first kappa shape index (κ1) is 16.3. The molecule has 2 aromatic rings. The van der Waals surface area contributed by atoms with Crippen molar-refractivity contribution >= 4 is 23.2 Å². The van der Waals surface area contributed by atoms with Crippen LogP contribution in [0.3, 0.4) is 0 Å². The Labute approximate surface area is 135 Å². The zero-order valence-electron chi connectivity index (χ0n) is 12.1. The van der Waals surface area contributed by atoms with Crippen molar-refractivity contribution in [3.8, 4) is 0 Å². The molecule has 0 bridgehead atoms. The number of hydrogen-bond acceptors (Lipinski definition) is 0. The molecule has 0 aliphatic rings. The fourth-order valence-corrected chi connectivity index (χ4v) is 3.21. The summed E-state index contributed by atoms with van der Waals surface area (Å²) in [5.74, 6) is 0.677. The van der Waals surface area contributed by atoms with Gasteiger partial charge in [0.15, 0.2) is 0 Å². The van der Waals surface area contributed by atoms with Crippen LogP contribution in [0.2, 0.25) is 0 Å². The molecule has 0 atom stereocenters. The van der Waals surface area contributed by atoms with Crippen molar-refractivity contribution < 1.29 is 4.39 Å². The van der Waals surface area contributed by atoms with Crippen LogP contribution in [0.25, 0.3) is 0 Å². The zero-order chi connectivity index (χ0) is 15.3. The maximum Gasteiger partial charge on any atom is 0.123 e. The molecule has 0 nitrogen and oxygen atoms in total. The van der Waals surface area contributed by atoms with Crippen LogP contribution in [0.5, 0.6) is 0 Å². The summed E-state index contributed by atoms with van der Waals surface area (Å²) in [6, 6.07) is 15.0. The van der Waals surface area contributed by atoms with Gasteiger partial charge >= 0.3 is 0 Å². The van der Waals surface area contributed by atoms with E-state index in [9.17, 15) is 4.39 Å². The molecule has 0 aliphatic carbocycles. The van der Waals surface area contributed by atoms with Gasteiger partial charge in [0.1, 0.15) is 5.82 Å². The normalized spacial score (nSPS) is 11.6. The van der Waals surface area contributed by atoms with Gasteiger partial charge in [-0.15, -0.1) is 23.2 Å². The van der Waals surface area contributed by atoms with Crippen molar-refractivity contribution in [2.45, 2.75) is 19.8 Å². The maximum absolute atomic E-state index is 13.5. The first-order valence-electron chi connectivity index (χ1n) is 6.99. The molecular weight excluding hydrogens is 306 g/mol. The molecule has 2 aromatic carbocycles. The molecule has 0 radical (unpaired) electrons. The second-order valence-corrected chi connectivity index (χ2v) is 6.21. The van der Waals surface area contributed by atoms with Crippen LogP contribution in [0, 0.1) is 18.2 Å². The minimum Gasteiger partial charge on any atom is -0.207 e. The second kappa shape index (κ2) is 7.29. The summed E-state index contributed by atoms with van der Waals surface area (Å²) in [6.45, 7) is 1.99. The summed E-state index contributed by atoms with van der Waals surface area (Å²) >= 11 is 12.5. The van der Waals surface area contributed by atoms with E-state index in [0.29, 0.717) is 18.2 Å². The van der Waals surface area contributed by atoms with Crippen molar-refractivity contribution in [1.82, 2.24) is 0 Å². The predicted octanol–water partition coefficient (Wildman–Crippen LogP) is 5.38. The SMILES string of the molecule is Cc1ccc(F)cc1CC(CCl)(CCl)Cc1ccccc1. The second-order valence-electron chi connectivity index (χ2n) is 5.68. The monoisotopic (exact) mass is 324 g/mol. The van der Waals surface area contributed by atoms with Crippen LogP contribution in [-0.2, 0) is 12.8 Å². The Hall–Kier alpha value is -1.05. The molecule has 0 unspecified atom stereocenters. The Kier molecular flexibility index (Phi) is 5.66. The third-order valence-corrected chi connectivity index (χ3v) is 5.00. The molecule has 0 amide bonds. The molecule has 0 aliphatic heterocycles. The van der Waals surface area contributed by atoms with Gasteiger partial charge in [0.25, 0.3) is 0 Å². The average molecular weight is 325 g/mol. The zero-order valence-corrected chi connectivity index (χ0v) is 13.6. The fourth-order valence-electron chi connectivity index (χ4n) is 2.55. The molecule has 21 heavy (non-hydrogen) atoms. The van der Waals surface area contributed by atoms with Gasteiger partial charge in [-0.05, 0) is 48.6 Å². The number of aryl methyl sites for hydroxylation is 1.